The summed E-state index contributed by atoms with van der Waals surface area (Å²) >= 11 is 0. The Morgan fingerprint density at radius 3 is 2.94 bits per heavy atom. The fraction of sp³-hybridized carbons (Fsp3) is 0.417. The van der Waals surface area contributed by atoms with Gasteiger partial charge in [0, 0.05) is 0 Å². The number of fused-ring (bicyclic) bond motifs is 1. The number of rotatable bonds is 3. The minimum absolute atomic E-state index is 0.0727. The smallest absolute Gasteiger partial charge is 0.309 e. The van der Waals surface area contributed by atoms with Crippen molar-refractivity contribution < 1.29 is 9.53 Å². The third-order valence-corrected chi connectivity index (χ3v) is 3.20. The molecular formula is C12H13N3O2. The minimum atomic E-state index is -0.0727. The van der Waals surface area contributed by atoms with Gasteiger partial charge < -0.3 is 4.74 Å². The monoisotopic (exact) mass is 231 g/mol. The molecule has 1 N–H and O–H groups in total. The van der Waals surface area contributed by atoms with E-state index in [-0.39, 0.29) is 11.9 Å². The van der Waals surface area contributed by atoms with Gasteiger partial charge in [0.1, 0.15) is 17.6 Å². The van der Waals surface area contributed by atoms with E-state index in [1.54, 1.807) is 0 Å². The van der Waals surface area contributed by atoms with Crippen LogP contribution < -0.4 is 0 Å². The van der Waals surface area contributed by atoms with Gasteiger partial charge in [0.05, 0.1) is 5.92 Å². The molecule has 0 unspecified atom stereocenters. The predicted octanol–water partition coefficient (Wildman–Crippen LogP) is 1.80. The van der Waals surface area contributed by atoms with Crippen molar-refractivity contribution >= 4 is 17.0 Å². The van der Waals surface area contributed by atoms with E-state index >= 15 is 0 Å². The Labute approximate surface area is 98.2 Å². The van der Waals surface area contributed by atoms with E-state index in [1.165, 1.54) is 0 Å². The van der Waals surface area contributed by atoms with Crippen LogP contribution in [0.25, 0.3) is 11.0 Å². The molecule has 0 bridgehead atoms. The highest BCUT2D eigenvalue weighted by Crippen LogP contribution is 2.27. The average molecular weight is 231 g/mol. The summed E-state index contributed by atoms with van der Waals surface area (Å²) in [7, 11) is 0. The Bertz CT molecular complexity index is 545. The van der Waals surface area contributed by atoms with Gasteiger partial charge in [-0.3, -0.25) is 4.79 Å². The largest absolute Gasteiger partial charge is 0.461 e. The number of H-pyrrole nitrogens is 1. The molecule has 5 heteroatoms. The van der Waals surface area contributed by atoms with Gasteiger partial charge in [-0.15, -0.1) is 0 Å². The summed E-state index contributed by atoms with van der Waals surface area (Å²) in [5, 5.41) is 10.5. The number of hydrogen-bond acceptors (Lipinski definition) is 4. The first-order chi connectivity index (χ1) is 8.33. The van der Waals surface area contributed by atoms with Crippen molar-refractivity contribution in [3.8, 4) is 0 Å². The van der Waals surface area contributed by atoms with Crippen molar-refractivity contribution in [1.82, 2.24) is 15.4 Å². The van der Waals surface area contributed by atoms with Crippen LogP contribution in [0.15, 0.2) is 18.2 Å². The molecule has 3 rings (SSSR count). The van der Waals surface area contributed by atoms with Gasteiger partial charge in [-0.2, -0.15) is 15.4 Å². The normalized spacial score (nSPS) is 15.8. The number of hydrogen-bond donors (Lipinski definition) is 1. The molecular weight excluding hydrogens is 218 g/mol. The lowest BCUT2D eigenvalue weighted by Crippen LogP contribution is -2.23. The van der Waals surface area contributed by atoms with Crippen LogP contribution in [0, 0.1) is 5.92 Å². The Hall–Kier alpha value is -1.91. The lowest BCUT2D eigenvalue weighted by Gasteiger charge is -2.23. The lowest BCUT2D eigenvalue weighted by molar-refractivity contribution is -0.152. The summed E-state index contributed by atoms with van der Waals surface area (Å²) < 4.78 is 5.26. The number of esters is 1. The Balaban J connectivity index is 1.65. The summed E-state index contributed by atoms with van der Waals surface area (Å²) in [6.45, 7) is 0.318. The van der Waals surface area contributed by atoms with Crippen molar-refractivity contribution in [2.45, 2.75) is 25.9 Å². The molecule has 0 amide bonds. The maximum absolute atomic E-state index is 11.6. The molecule has 17 heavy (non-hydrogen) atoms. The van der Waals surface area contributed by atoms with Crippen LogP contribution in [0.4, 0.5) is 0 Å². The maximum Gasteiger partial charge on any atom is 0.309 e. The number of nitrogens with one attached hydrogen (secondary N) is 1. The van der Waals surface area contributed by atoms with Crippen LogP contribution in [0.3, 0.4) is 0 Å². The van der Waals surface area contributed by atoms with E-state index in [0.29, 0.717) is 6.61 Å². The average Bonchev–Trinajstić information content (AvgIpc) is 2.71. The number of ether oxygens (including phenoxy) is 1. The molecule has 1 aromatic heterocycles. The van der Waals surface area contributed by atoms with Gasteiger partial charge in [0.2, 0.25) is 0 Å². The maximum atomic E-state index is 11.6. The van der Waals surface area contributed by atoms with Crippen molar-refractivity contribution in [3.63, 3.8) is 0 Å². The highest BCUT2D eigenvalue weighted by atomic mass is 16.5. The van der Waals surface area contributed by atoms with Gasteiger partial charge in [0.15, 0.2) is 0 Å². The molecule has 1 saturated carbocycles. The SMILES string of the molecule is O=C(OCc1ccc2n[nH]nc2c1)C1CCC1. The summed E-state index contributed by atoms with van der Waals surface area (Å²) in [5.41, 5.74) is 2.56. The highest BCUT2D eigenvalue weighted by Gasteiger charge is 2.26. The van der Waals surface area contributed by atoms with E-state index in [9.17, 15) is 4.79 Å². The fourth-order valence-corrected chi connectivity index (χ4v) is 1.89. The fourth-order valence-electron chi connectivity index (χ4n) is 1.89. The molecule has 5 nitrogen and oxygen atoms in total. The van der Waals surface area contributed by atoms with E-state index in [0.717, 1.165) is 35.9 Å². The van der Waals surface area contributed by atoms with Crippen LogP contribution in [0.5, 0.6) is 0 Å². The summed E-state index contributed by atoms with van der Waals surface area (Å²) in [4.78, 5) is 11.6. The second-order valence-electron chi connectivity index (χ2n) is 4.38. The van der Waals surface area contributed by atoms with Gasteiger partial charge in [-0.1, -0.05) is 12.5 Å². The van der Waals surface area contributed by atoms with Crippen LogP contribution in [-0.2, 0) is 16.1 Å². The predicted molar refractivity (Wildman–Crippen MR) is 61.0 cm³/mol. The third kappa shape index (κ3) is 2.00. The van der Waals surface area contributed by atoms with Crippen LogP contribution >= 0.6 is 0 Å². The first kappa shape index (κ1) is 10.3. The number of carbonyl (C=O) groups excluding carboxylic acids is 1. The number of aromatic nitrogens is 3. The summed E-state index contributed by atoms with van der Waals surface area (Å²) in [6, 6.07) is 5.65. The molecule has 0 radical (unpaired) electrons. The Morgan fingerprint density at radius 1 is 1.35 bits per heavy atom. The molecule has 2 aromatic rings. The molecule has 1 aromatic carbocycles. The zero-order valence-electron chi connectivity index (χ0n) is 9.35. The van der Waals surface area contributed by atoms with E-state index < -0.39 is 0 Å². The van der Waals surface area contributed by atoms with Crippen molar-refractivity contribution in [1.29, 1.82) is 0 Å². The van der Waals surface area contributed by atoms with E-state index in [4.69, 9.17) is 4.74 Å². The first-order valence-electron chi connectivity index (χ1n) is 5.79. The Morgan fingerprint density at radius 2 is 2.18 bits per heavy atom. The standard InChI is InChI=1S/C12H13N3O2/c16-12(9-2-1-3-9)17-7-8-4-5-10-11(6-8)14-15-13-10/h4-6,9H,1-3,7H2,(H,13,14,15). The highest BCUT2D eigenvalue weighted by molar-refractivity contribution is 5.75. The van der Waals surface area contributed by atoms with Crippen molar-refractivity contribution in [3.05, 3.63) is 23.8 Å². The van der Waals surface area contributed by atoms with Crippen molar-refractivity contribution in [2.24, 2.45) is 5.92 Å². The molecule has 1 aliphatic rings. The molecule has 1 heterocycles. The van der Waals surface area contributed by atoms with Crippen molar-refractivity contribution in [2.75, 3.05) is 0 Å². The molecule has 0 saturated heterocycles. The number of carbonyl (C=O) groups is 1. The zero-order chi connectivity index (χ0) is 11.7. The molecule has 88 valence electrons. The molecule has 0 aliphatic heterocycles. The second-order valence-corrected chi connectivity index (χ2v) is 4.38. The topological polar surface area (TPSA) is 67.9 Å². The quantitative estimate of drug-likeness (QED) is 0.818. The first-order valence-corrected chi connectivity index (χ1v) is 5.79. The van der Waals surface area contributed by atoms with E-state index in [2.05, 4.69) is 15.4 Å². The molecule has 0 atom stereocenters. The van der Waals surface area contributed by atoms with E-state index in [1.807, 2.05) is 18.2 Å². The minimum Gasteiger partial charge on any atom is -0.461 e. The van der Waals surface area contributed by atoms with Crippen LogP contribution in [0.2, 0.25) is 0 Å². The lowest BCUT2D eigenvalue weighted by atomic mass is 9.86. The number of benzene rings is 1. The van der Waals surface area contributed by atoms with Crippen LogP contribution in [-0.4, -0.2) is 21.4 Å². The van der Waals surface area contributed by atoms with Gasteiger partial charge >= 0.3 is 5.97 Å². The van der Waals surface area contributed by atoms with Gasteiger partial charge in [-0.25, -0.2) is 0 Å². The third-order valence-electron chi connectivity index (χ3n) is 3.20. The van der Waals surface area contributed by atoms with Crippen LogP contribution in [0.1, 0.15) is 24.8 Å². The number of nitrogens with zero attached hydrogens (tertiary/aromatic N) is 2. The number of aromatic amines is 1. The zero-order valence-corrected chi connectivity index (χ0v) is 9.35. The summed E-state index contributed by atoms with van der Waals surface area (Å²) in [6.07, 6.45) is 3.09. The summed E-state index contributed by atoms with van der Waals surface area (Å²) in [5.74, 6) is 0.0577. The Kier molecular flexibility index (Phi) is 2.51. The van der Waals surface area contributed by atoms with Gasteiger partial charge in [-0.05, 0) is 30.5 Å². The second kappa shape index (κ2) is 4.16. The molecule has 1 fully saturated rings. The molecule has 0 spiro atoms. The molecule has 1 aliphatic carbocycles. The van der Waals surface area contributed by atoms with Gasteiger partial charge in [0.25, 0.3) is 0 Å².